The minimum absolute atomic E-state index is 0.0929. The lowest BCUT2D eigenvalue weighted by molar-refractivity contribution is -0.122. The SMILES string of the molecule is CC(C)(CCC(C(N)=O)(c1ccccc1)c1ccccc1)N1CC(Oc2cc(O)cc(F)c2)C1. The van der Waals surface area contributed by atoms with Gasteiger partial charge in [-0.15, -0.1) is 0 Å². The van der Waals surface area contributed by atoms with Crippen molar-refractivity contribution in [1.29, 1.82) is 0 Å². The first kappa shape index (κ1) is 23.8. The second kappa shape index (κ2) is 9.47. The van der Waals surface area contributed by atoms with Crippen LogP contribution in [-0.4, -0.2) is 40.6 Å². The fraction of sp³-hybridized carbons (Fsp3) is 0.321. The molecule has 1 fully saturated rings. The number of hydrogen-bond donors (Lipinski definition) is 2. The molecule has 34 heavy (non-hydrogen) atoms. The van der Waals surface area contributed by atoms with Gasteiger partial charge in [-0.2, -0.15) is 0 Å². The summed E-state index contributed by atoms with van der Waals surface area (Å²) in [7, 11) is 0. The van der Waals surface area contributed by atoms with Crippen molar-refractivity contribution < 1.29 is 19.0 Å². The number of benzene rings is 3. The number of likely N-dealkylation sites (tertiary alicyclic amines) is 1. The summed E-state index contributed by atoms with van der Waals surface area (Å²) in [5, 5.41) is 9.59. The Morgan fingerprint density at radius 1 is 1.00 bits per heavy atom. The zero-order chi connectivity index (χ0) is 24.3. The van der Waals surface area contributed by atoms with Crippen LogP contribution in [0.1, 0.15) is 37.8 Å². The molecule has 0 bridgehead atoms. The molecule has 1 amide bonds. The molecule has 6 heteroatoms. The fourth-order valence-electron chi connectivity index (χ4n) is 4.78. The van der Waals surface area contributed by atoms with Gasteiger partial charge in [-0.05, 0) is 37.8 Å². The van der Waals surface area contributed by atoms with Gasteiger partial charge in [0.1, 0.15) is 23.4 Å². The lowest BCUT2D eigenvalue weighted by Crippen LogP contribution is -2.62. The van der Waals surface area contributed by atoms with E-state index < -0.39 is 11.2 Å². The molecule has 1 heterocycles. The number of halogens is 1. The topological polar surface area (TPSA) is 75.8 Å². The van der Waals surface area contributed by atoms with Crippen LogP contribution >= 0.6 is 0 Å². The molecule has 3 aromatic rings. The molecule has 0 radical (unpaired) electrons. The van der Waals surface area contributed by atoms with E-state index >= 15 is 0 Å². The minimum atomic E-state index is -0.931. The lowest BCUT2D eigenvalue weighted by Gasteiger charge is -2.49. The van der Waals surface area contributed by atoms with Crippen molar-refractivity contribution in [2.75, 3.05) is 13.1 Å². The molecule has 0 spiro atoms. The highest BCUT2D eigenvalue weighted by atomic mass is 19.1. The van der Waals surface area contributed by atoms with Crippen LogP contribution in [0.3, 0.4) is 0 Å². The van der Waals surface area contributed by atoms with Gasteiger partial charge in [-0.25, -0.2) is 4.39 Å². The number of amides is 1. The third kappa shape index (κ3) is 4.77. The molecular weight excluding hydrogens is 431 g/mol. The fourth-order valence-corrected chi connectivity index (χ4v) is 4.78. The molecule has 0 unspecified atom stereocenters. The van der Waals surface area contributed by atoms with Crippen molar-refractivity contribution in [3.63, 3.8) is 0 Å². The molecule has 1 saturated heterocycles. The van der Waals surface area contributed by atoms with E-state index in [9.17, 15) is 14.3 Å². The summed E-state index contributed by atoms with van der Waals surface area (Å²) >= 11 is 0. The quantitative estimate of drug-likeness (QED) is 0.486. The molecule has 0 aliphatic carbocycles. The van der Waals surface area contributed by atoms with E-state index in [4.69, 9.17) is 10.5 Å². The maximum absolute atomic E-state index is 13.5. The van der Waals surface area contributed by atoms with Crippen molar-refractivity contribution in [2.24, 2.45) is 5.73 Å². The summed E-state index contributed by atoms with van der Waals surface area (Å²) in [6.45, 7) is 5.65. The second-order valence-corrected chi connectivity index (χ2v) is 9.60. The first-order chi connectivity index (χ1) is 16.2. The van der Waals surface area contributed by atoms with Gasteiger partial charge in [0.25, 0.3) is 0 Å². The van der Waals surface area contributed by atoms with Crippen molar-refractivity contribution in [3.05, 3.63) is 95.8 Å². The van der Waals surface area contributed by atoms with Crippen LogP contribution in [0.4, 0.5) is 4.39 Å². The first-order valence-electron chi connectivity index (χ1n) is 11.5. The van der Waals surface area contributed by atoms with Gasteiger partial charge < -0.3 is 15.6 Å². The predicted octanol–water partition coefficient (Wildman–Crippen LogP) is 4.62. The summed E-state index contributed by atoms with van der Waals surface area (Å²) in [6, 6.07) is 23.2. The zero-order valence-electron chi connectivity index (χ0n) is 19.6. The number of ether oxygens (including phenoxy) is 1. The van der Waals surface area contributed by atoms with Gasteiger partial charge in [0.2, 0.25) is 5.91 Å². The van der Waals surface area contributed by atoms with E-state index in [0.717, 1.165) is 23.6 Å². The number of rotatable bonds is 9. The Morgan fingerprint density at radius 2 is 1.56 bits per heavy atom. The molecule has 0 saturated carbocycles. The number of phenols is 1. The summed E-state index contributed by atoms with van der Waals surface area (Å²) in [5.74, 6) is -0.732. The third-order valence-electron chi connectivity index (χ3n) is 6.93. The van der Waals surface area contributed by atoms with Crippen LogP contribution in [0.25, 0.3) is 0 Å². The van der Waals surface area contributed by atoms with Crippen LogP contribution in [0.5, 0.6) is 11.5 Å². The number of hydrogen-bond acceptors (Lipinski definition) is 4. The molecule has 0 atom stereocenters. The predicted molar refractivity (Wildman–Crippen MR) is 130 cm³/mol. The van der Waals surface area contributed by atoms with Crippen molar-refractivity contribution in [1.82, 2.24) is 4.90 Å². The number of carbonyl (C=O) groups excluding carboxylic acids is 1. The minimum Gasteiger partial charge on any atom is -0.508 e. The van der Waals surface area contributed by atoms with E-state index in [2.05, 4.69) is 18.7 Å². The van der Waals surface area contributed by atoms with E-state index in [1.807, 2.05) is 60.7 Å². The van der Waals surface area contributed by atoms with E-state index in [-0.39, 0.29) is 23.3 Å². The highest BCUT2D eigenvalue weighted by Gasteiger charge is 2.44. The van der Waals surface area contributed by atoms with Crippen LogP contribution in [0.15, 0.2) is 78.9 Å². The number of nitrogens with zero attached hydrogens (tertiary/aromatic N) is 1. The summed E-state index contributed by atoms with van der Waals surface area (Å²) in [5.41, 5.74) is 6.73. The largest absolute Gasteiger partial charge is 0.508 e. The number of nitrogens with two attached hydrogens (primary N) is 1. The lowest BCUT2D eigenvalue weighted by atomic mass is 9.69. The van der Waals surface area contributed by atoms with Gasteiger partial charge >= 0.3 is 0 Å². The number of carbonyl (C=O) groups is 1. The molecule has 1 aliphatic heterocycles. The number of phenolic OH excluding ortho intramolecular Hbond substituents is 1. The van der Waals surface area contributed by atoms with Gasteiger partial charge in [0.15, 0.2) is 0 Å². The monoisotopic (exact) mass is 462 g/mol. The molecule has 178 valence electrons. The number of primary amides is 1. The Balaban J connectivity index is 1.49. The highest BCUT2D eigenvalue weighted by Crippen LogP contribution is 2.40. The van der Waals surface area contributed by atoms with Gasteiger partial charge in [0.05, 0.1) is 5.41 Å². The Bertz CT molecular complexity index is 1070. The maximum Gasteiger partial charge on any atom is 0.232 e. The van der Waals surface area contributed by atoms with Gasteiger partial charge in [-0.3, -0.25) is 9.69 Å². The third-order valence-corrected chi connectivity index (χ3v) is 6.93. The summed E-state index contributed by atoms with van der Waals surface area (Å²) < 4.78 is 19.4. The van der Waals surface area contributed by atoms with E-state index in [1.165, 1.54) is 12.1 Å². The Labute approximate surface area is 200 Å². The second-order valence-electron chi connectivity index (χ2n) is 9.60. The normalized spacial score (nSPS) is 15.0. The van der Waals surface area contributed by atoms with Gasteiger partial charge in [0, 0.05) is 36.8 Å². The van der Waals surface area contributed by atoms with Gasteiger partial charge in [-0.1, -0.05) is 60.7 Å². The summed E-state index contributed by atoms with van der Waals surface area (Å²) in [4.78, 5) is 15.3. The van der Waals surface area contributed by atoms with Crippen LogP contribution in [0, 0.1) is 5.82 Å². The summed E-state index contributed by atoms with van der Waals surface area (Å²) in [6.07, 6.45) is 1.20. The van der Waals surface area contributed by atoms with Crippen molar-refractivity contribution >= 4 is 5.91 Å². The maximum atomic E-state index is 13.5. The van der Waals surface area contributed by atoms with Crippen molar-refractivity contribution in [3.8, 4) is 11.5 Å². The van der Waals surface area contributed by atoms with E-state index in [1.54, 1.807) is 0 Å². The standard InChI is InChI=1S/C28H31FN2O3/c1-27(2,31-18-25(19-31)34-24-16-22(29)15-23(32)17-24)13-14-28(26(30)33,20-9-5-3-6-10-20)21-11-7-4-8-12-21/h3-12,15-17,25,32H,13-14,18-19H2,1-2H3,(H2,30,33). The van der Waals surface area contributed by atoms with E-state index in [0.29, 0.717) is 25.3 Å². The number of aromatic hydroxyl groups is 1. The highest BCUT2D eigenvalue weighted by molar-refractivity contribution is 5.90. The van der Waals surface area contributed by atoms with Crippen LogP contribution in [0.2, 0.25) is 0 Å². The Kier molecular flexibility index (Phi) is 6.62. The molecular formula is C28H31FN2O3. The molecule has 1 aliphatic rings. The Morgan fingerprint density at radius 3 is 2.06 bits per heavy atom. The van der Waals surface area contributed by atoms with Crippen LogP contribution < -0.4 is 10.5 Å². The molecule has 3 aromatic carbocycles. The van der Waals surface area contributed by atoms with Crippen LogP contribution in [-0.2, 0) is 10.2 Å². The molecule has 0 aromatic heterocycles. The smallest absolute Gasteiger partial charge is 0.232 e. The first-order valence-corrected chi connectivity index (χ1v) is 11.5. The molecule has 5 nitrogen and oxygen atoms in total. The van der Waals surface area contributed by atoms with Crippen molar-refractivity contribution in [2.45, 2.75) is 43.7 Å². The molecule has 3 N–H and O–H groups in total. The Hall–Kier alpha value is -3.38. The average Bonchev–Trinajstić information content (AvgIpc) is 2.77. The average molecular weight is 463 g/mol. The molecule has 4 rings (SSSR count). The zero-order valence-corrected chi connectivity index (χ0v) is 19.6.